The number of aliphatic imine (C=N–C) groups is 1. The maximum atomic E-state index is 13.3. The highest BCUT2D eigenvalue weighted by Crippen LogP contribution is 2.42. The summed E-state index contributed by atoms with van der Waals surface area (Å²) in [6.07, 6.45) is 0. The van der Waals surface area contributed by atoms with Crippen molar-refractivity contribution in [3.05, 3.63) is 53.6 Å². The van der Waals surface area contributed by atoms with Crippen molar-refractivity contribution in [1.82, 2.24) is 15.1 Å². The van der Waals surface area contributed by atoms with Gasteiger partial charge in [-0.15, -0.1) is 0 Å². The molecule has 0 aromatic heterocycles. The molecule has 10 heteroatoms. The first kappa shape index (κ1) is 26.3. The van der Waals surface area contributed by atoms with Crippen molar-refractivity contribution in [2.75, 3.05) is 54.1 Å². The standard InChI is InChI=1S/C27H34N4O6/c1-5-37-26(33)22-23(19-15-20(34-2)24(36-4)21(16-19)35-3)28-27(29-25(22)32)31-13-11-30(12-14-31)17-18-9-7-6-8-10-18/h6-10,15-16,22-23H,5,11-14,17H2,1-4H3,(H,28,29,32)/t22-,23+/m0/s1. The molecule has 1 N–H and O–H groups in total. The maximum Gasteiger partial charge on any atom is 0.321 e. The van der Waals surface area contributed by atoms with E-state index in [0.717, 1.165) is 19.6 Å². The Hall–Kier alpha value is -3.79. The molecule has 0 unspecified atom stereocenters. The summed E-state index contributed by atoms with van der Waals surface area (Å²) < 4.78 is 21.7. The van der Waals surface area contributed by atoms with Gasteiger partial charge in [0.05, 0.1) is 27.9 Å². The molecule has 198 valence electrons. The number of carbonyl (C=O) groups excluding carboxylic acids is 2. The second-order valence-electron chi connectivity index (χ2n) is 8.82. The second kappa shape index (κ2) is 12.0. The zero-order valence-electron chi connectivity index (χ0n) is 21.7. The number of hydrogen-bond acceptors (Lipinski definition) is 9. The van der Waals surface area contributed by atoms with Crippen LogP contribution in [0.2, 0.25) is 0 Å². The number of carbonyl (C=O) groups is 2. The summed E-state index contributed by atoms with van der Waals surface area (Å²) in [4.78, 5) is 35.4. The largest absolute Gasteiger partial charge is 0.493 e. The van der Waals surface area contributed by atoms with Crippen LogP contribution in [0.1, 0.15) is 24.1 Å². The van der Waals surface area contributed by atoms with E-state index in [2.05, 4.69) is 22.3 Å². The zero-order chi connectivity index (χ0) is 26.4. The topological polar surface area (TPSA) is 102 Å². The Kier molecular flexibility index (Phi) is 8.50. The summed E-state index contributed by atoms with van der Waals surface area (Å²) >= 11 is 0. The molecule has 0 radical (unpaired) electrons. The van der Waals surface area contributed by atoms with Crippen LogP contribution in [0.15, 0.2) is 47.5 Å². The first-order valence-electron chi connectivity index (χ1n) is 12.4. The fourth-order valence-electron chi connectivity index (χ4n) is 4.70. The zero-order valence-corrected chi connectivity index (χ0v) is 21.7. The highest BCUT2D eigenvalue weighted by Gasteiger charge is 2.43. The molecule has 4 rings (SSSR count). The number of piperazine rings is 1. The van der Waals surface area contributed by atoms with Crippen LogP contribution in [0, 0.1) is 5.92 Å². The van der Waals surface area contributed by atoms with E-state index >= 15 is 0 Å². The highest BCUT2D eigenvalue weighted by atomic mass is 16.5. The number of amides is 1. The first-order chi connectivity index (χ1) is 18.0. The predicted molar refractivity (Wildman–Crippen MR) is 138 cm³/mol. The van der Waals surface area contributed by atoms with Gasteiger partial charge in [-0.3, -0.25) is 19.8 Å². The minimum Gasteiger partial charge on any atom is -0.493 e. The van der Waals surface area contributed by atoms with Gasteiger partial charge in [-0.25, -0.2) is 4.99 Å². The molecule has 2 aromatic carbocycles. The van der Waals surface area contributed by atoms with Gasteiger partial charge in [0.25, 0.3) is 0 Å². The molecule has 37 heavy (non-hydrogen) atoms. The summed E-state index contributed by atoms with van der Waals surface area (Å²) in [6, 6.07) is 13.0. The van der Waals surface area contributed by atoms with Crippen LogP contribution in [-0.4, -0.2) is 81.8 Å². The van der Waals surface area contributed by atoms with E-state index in [0.29, 0.717) is 41.9 Å². The van der Waals surface area contributed by atoms with Crippen LogP contribution in [0.3, 0.4) is 0 Å². The van der Waals surface area contributed by atoms with Crippen molar-refractivity contribution < 1.29 is 28.5 Å². The van der Waals surface area contributed by atoms with E-state index in [1.807, 2.05) is 23.1 Å². The normalized spacial score (nSPS) is 20.1. The number of benzene rings is 2. The molecule has 2 aliphatic heterocycles. The van der Waals surface area contributed by atoms with Gasteiger partial charge >= 0.3 is 5.97 Å². The molecule has 0 spiro atoms. The van der Waals surface area contributed by atoms with Crippen LogP contribution >= 0.6 is 0 Å². The van der Waals surface area contributed by atoms with Gasteiger partial charge in [-0.2, -0.15) is 0 Å². The molecule has 0 aliphatic carbocycles. The smallest absolute Gasteiger partial charge is 0.321 e. The molecule has 1 amide bonds. The number of methoxy groups -OCH3 is 3. The summed E-state index contributed by atoms with van der Waals surface area (Å²) in [6.45, 7) is 5.75. The van der Waals surface area contributed by atoms with Crippen LogP contribution in [0.25, 0.3) is 0 Å². The molecule has 2 aromatic rings. The van der Waals surface area contributed by atoms with E-state index in [-0.39, 0.29) is 6.61 Å². The first-order valence-corrected chi connectivity index (χ1v) is 12.4. The van der Waals surface area contributed by atoms with E-state index in [1.165, 1.54) is 26.9 Å². The van der Waals surface area contributed by atoms with Crippen molar-refractivity contribution in [2.24, 2.45) is 10.9 Å². The SMILES string of the molecule is CCOC(=O)[C@@H]1C(=O)NC(N2CCN(Cc3ccccc3)CC2)=N[C@@H]1c1cc(OC)c(OC)c(OC)c1. The van der Waals surface area contributed by atoms with Gasteiger partial charge in [0.2, 0.25) is 17.6 Å². The van der Waals surface area contributed by atoms with Crippen molar-refractivity contribution in [3.8, 4) is 17.2 Å². The Morgan fingerprint density at radius 2 is 1.65 bits per heavy atom. The van der Waals surface area contributed by atoms with Crippen LogP contribution in [0.5, 0.6) is 17.2 Å². The Labute approximate surface area is 217 Å². The molecule has 2 aliphatic rings. The summed E-state index contributed by atoms with van der Waals surface area (Å²) in [7, 11) is 4.55. The predicted octanol–water partition coefficient (Wildman–Crippen LogP) is 2.24. The van der Waals surface area contributed by atoms with Gasteiger partial charge in [0, 0.05) is 32.7 Å². The lowest BCUT2D eigenvalue weighted by atomic mass is 9.90. The molecule has 0 bridgehead atoms. The monoisotopic (exact) mass is 510 g/mol. The molecule has 2 heterocycles. The van der Waals surface area contributed by atoms with Crippen LogP contribution in [0.4, 0.5) is 0 Å². The van der Waals surface area contributed by atoms with Gasteiger partial charge in [-0.05, 0) is 30.2 Å². The Morgan fingerprint density at radius 1 is 1.00 bits per heavy atom. The van der Waals surface area contributed by atoms with Gasteiger partial charge < -0.3 is 23.8 Å². The van der Waals surface area contributed by atoms with Gasteiger partial charge in [0.15, 0.2) is 17.4 Å². The number of ether oxygens (including phenoxy) is 4. The third kappa shape index (κ3) is 5.80. The average molecular weight is 511 g/mol. The summed E-state index contributed by atoms with van der Waals surface area (Å²) in [5.41, 5.74) is 1.85. The number of hydrogen-bond donors (Lipinski definition) is 1. The van der Waals surface area contributed by atoms with Crippen molar-refractivity contribution in [3.63, 3.8) is 0 Å². The van der Waals surface area contributed by atoms with Crippen molar-refractivity contribution >= 4 is 17.8 Å². The number of nitrogens with zero attached hydrogens (tertiary/aromatic N) is 3. The number of guanidine groups is 1. The maximum absolute atomic E-state index is 13.3. The molecular formula is C27H34N4O6. The fraction of sp³-hybridized carbons (Fsp3) is 0.444. The lowest BCUT2D eigenvalue weighted by Crippen LogP contribution is -2.57. The Balaban J connectivity index is 1.61. The summed E-state index contributed by atoms with van der Waals surface area (Å²) in [5, 5.41) is 2.85. The van der Waals surface area contributed by atoms with E-state index in [4.69, 9.17) is 23.9 Å². The fourth-order valence-corrected chi connectivity index (χ4v) is 4.70. The molecule has 1 saturated heterocycles. The Morgan fingerprint density at radius 3 is 2.22 bits per heavy atom. The second-order valence-corrected chi connectivity index (χ2v) is 8.82. The van der Waals surface area contributed by atoms with Crippen LogP contribution < -0.4 is 19.5 Å². The number of nitrogens with one attached hydrogen (secondary N) is 1. The van der Waals surface area contributed by atoms with Crippen LogP contribution in [-0.2, 0) is 20.9 Å². The van der Waals surface area contributed by atoms with E-state index in [1.54, 1.807) is 19.1 Å². The molecule has 0 saturated carbocycles. The minimum atomic E-state index is -1.15. The highest BCUT2D eigenvalue weighted by molar-refractivity contribution is 6.08. The average Bonchev–Trinajstić information content (AvgIpc) is 2.92. The number of rotatable bonds is 8. The lowest BCUT2D eigenvalue weighted by molar-refractivity contribution is -0.153. The number of esters is 1. The quantitative estimate of drug-likeness (QED) is 0.426. The summed E-state index contributed by atoms with van der Waals surface area (Å²) in [5.74, 6) is -0.536. The molecule has 2 atom stereocenters. The minimum absolute atomic E-state index is 0.157. The van der Waals surface area contributed by atoms with E-state index in [9.17, 15) is 9.59 Å². The third-order valence-electron chi connectivity index (χ3n) is 6.58. The third-order valence-corrected chi connectivity index (χ3v) is 6.58. The van der Waals surface area contributed by atoms with E-state index < -0.39 is 23.8 Å². The molecular weight excluding hydrogens is 476 g/mol. The molecule has 10 nitrogen and oxygen atoms in total. The Bertz CT molecular complexity index is 1110. The van der Waals surface area contributed by atoms with Crippen molar-refractivity contribution in [2.45, 2.75) is 19.5 Å². The molecule has 1 fully saturated rings. The van der Waals surface area contributed by atoms with Gasteiger partial charge in [-0.1, -0.05) is 30.3 Å². The van der Waals surface area contributed by atoms with Crippen molar-refractivity contribution in [1.29, 1.82) is 0 Å². The lowest BCUT2D eigenvalue weighted by Gasteiger charge is -2.39. The van der Waals surface area contributed by atoms with Gasteiger partial charge in [0.1, 0.15) is 6.04 Å².